The molecule has 40 valence electrons. The molecule has 0 rings (SSSR count). The second-order valence-electron chi connectivity index (χ2n) is 1.43. The zero-order chi connectivity index (χ0) is 5.54. The van der Waals surface area contributed by atoms with E-state index in [0.717, 1.165) is 19.3 Å². The minimum Gasteiger partial charge on any atom is -0.504 e. The number of allylic oxidation sites excluding steroid dienone is 2. The first-order valence-corrected chi connectivity index (χ1v) is 2.52. The van der Waals surface area contributed by atoms with E-state index < -0.39 is 0 Å². The van der Waals surface area contributed by atoms with Crippen LogP contribution in [0.15, 0.2) is 19.2 Å². The van der Waals surface area contributed by atoms with Crippen LogP contribution in [-0.2, 0) is 0 Å². The molecule has 0 N–H and O–H groups in total. The minimum absolute atomic E-state index is 0. The summed E-state index contributed by atoms with van der Waals surface area (Å²) in [5, 5.41) is 0. The fourth-order valence-corrected chi connectivity index (χ4v) is 0.371. The Morgan fingerprint density at radius 3 is 2.50 bits per heavy atom. The van der Waals surface area contributed by atoms with E-state index in [4.69, 9.17) is 0 Å². The summed E-state index contributed by atoms with van der Waals surface area (Å²) < 4.78 is 0. The van der Waals surface area contributed by atoms with Crippen molar-refractivity contribution in [3.05, 3.63) is 25.3 Å². The van der Waals surface area contributed by atoms with E-state index in [-0.39, 0.29) is 18.9 Å². The van der Waals surface area contributed by atoms with Crippen LogP contribution in [0.25, 0.3) is 0 Å². The molecule has 0 aliphatic rings. The van der Waals surface area contributed by atoms with E-state index in [0.29, 0.717) is 0 Å². The molecule has 1 heteroatoms. The maximum absolute atomic E-state index is 3.58. The molecule has 0 saturated carbocycles. The molecule has 8 heavy (non-hydrogen) atoms. The van der Waals surface area contributed by atoms with Crippen molar-refractivity contribution >= 4 is 0 Å². The van der Waals surface area contributed by atoms with Gasteiger partial charge in [0.25, 0.3) is 0 Å². The van der Waals surface area contributed by atoms with Crippen LogP contribution < -0.4 is 18.9 Å². The van der Waals surface area contributed by atoms with Gasteiger partial charge in [0.2, 0.25) is 0 Å². The van der Waals surface area contributed by atoms with Gasteiger partial charge in [-0.15, -0.1) is 6.58 Å². The van der Waals surface area contributed by atoms with Crippen molar-refractivity contribution in [2.75, 3.05) is 0 Å². The van der Waals surface area contributed by atoms with Crippen LogP contribution >= 0.6 is 0 Å². The molecule has 0 radical (unpaired) electrons. The van der Waals surface area contributed by atoms with Crippen LogP contribution in [0.2, 0.25) is 0 Å². The number of hydrogen-bond acceptors (Lipinski definition) is 0. The second-order valence-corrected chi connectivity index (χ2v) is 1.43. The molecule has 0 nitrogen and oxygen atoms in total. The van der Waals surface area contributed by atoms with Crippen molar-refractivity contribution in [2.24, 2.45) is 0 Å². The monoisotopic (exact) mass is 102 g/mol. The van der Waals surface area contributed by atoms with Gasteiger partial charge in [-0.25, -0.2) is 0 Å². The Morgan fingerprint density at radius 2 is 2.12 bits per heavy atom. The van der Waals surface area contributed by atoms with E-state index >= 15 is 0 Å². The number of hydrogen-bond donors (Lipinski definition) is 0. The fraction of sp³-hybridized carbons (Fsp3) is 0.429. The maximum atomic E-state index is 3.58. The van der Waals surface area contributed by atoms with Crippen LogP contribution in [0.1, 0.15) is 19.3 Å². The van der Waals surface area contributed by atoms with Crippen LogP contribution in [0.5, 0.6) is 0 Å². The third-order valence-electron chi connectivity index (χ3n) is 0.762. The topological polar surface area (TPSA) is 0 Å². The molecule has 0 saturated heterocycles. The van der Waals surface area contributed by atoms with Gasteiger partial charge >= 0.3 is 18.9 Å². The van der Waals surface area contributed by atoms with Gasteiger partial charge in [-0.1, -0.05) is 12.5 Å². The maximum Gasteiger partial charge on any atom is 1.00 e. The van der Waals surface area contributed by atoms with E-state index in [1.165, 1.54) is 0 Å². The second kappa shape index (κ2) is 10.1. The van der Waals surface area contributed by atoms with Crippen molar-refractivity contribution in [3.63, 3.8) is 0 Å². The smallest absolute Gasteiger partial charge is 0.504 e. The molecule has 0 spiro atoms. The fourth-order valence-electron chi connectivity index (χ4n) is 0.371. The average Bonchev–Trinajstić information content (AvgIpc) is 1.69. The minimum atomic E-state index is 0. The number of unbranched alkanes of at least 4 members (excludes halogenated alkanes) is 2. The summed E-state index contributed by atoms with van der Waals surface area (Å²) in [5.41, 5.74) is 0. The van der Waals surface area contributed by atoms with Gasteiger partial charge in [0, 0.05) is 0 Å². The summed E-state index contributed by atoms with van der Waals surface area (Å²) in [7, 11) is 0. The molecule has 0 aliphatic carbocycles. The SMILES string of the molecule is C=[C-]CCCC=C.[Li+]. The summed E-state index contributed by atoms with van der Waals surface area (Å²) in [6.07, 6.45) is 7.94. The first-order chi connectivity index (χ1) is 3.41. The van der Waals surface area contributed by atoms with E-state index in [1.807, 2.05) is 6.08 Å². The predicted molar refractivity (Wildman–Crippen MR) is 32.9 cm³/mol. The van der Waals surface area contributed by atoms with Gasteiger partial charge in [-0.3, -0.25) is 6.58 Å². The van der Waals surface area contributed by atoms with Crippen molar-refractivity contribution in [3.8, 4) is 0 Å². The van der Waals surface area contributed by atoms with Gasteiger partial charge in [0.05, 0.1) is 0 Å². The Kier molecular flexibility index (Phi) is 13.9. The third-order valence-corrected chi connectivity index (χ3v) is 0.762. The quantitative estimate of drug-likeness (QED) is 0.191. The Balaban J connectivity index is 0. The molecule has 0 fully saturated rings. The van der Waals surface area contributed by atoms with Crippen LogP contribution in [0.3, 0.4) is 0 Å². The number of rotatable bonds is 4. The van der Waals surface area contributed by atoms with Gasteiger partial charge < -0.3 is 6.08 Å². The van der Waals surface area contributed by atoms with E-state index in [9.17, 15) is 0 Å². The summed E-state index contributed by atoms with van der Waals surface area (Å²) in [5.74, 6) is 0. The molecule has 0 unspecified atom stereocenters. The normalized spacial score (nSPS) is 7.00. The molecule has 0 aromatic carbocycles. The predicted octanol–water partition coefficient (Wildman–Crippen LogP) is -0.664. The van der Waals surface area contributed by atoms with Gasteiger partial charge in [-0.05, 0) is 6.42 Å². The van der Waals surface area contributed by atoms with Crippen molar-refractivity contribution < 1.29 is 18.9 Å². The molecule has 0 aromatic heterocycles. The molecule has 0 aliphatic heterocycles. The zero-order valence-corrected chi connectivity index (χ0v) is 5.61. The largest absolute Gasteiger partial charge is 1.00 e. The van der Waals surface area contributed by atoms with E-state index in [2.05, 4.69) is 19.2 Å². The zero-order valence-electron chi connectivity index (χ0n) is 5.61. The first kappa shape index (κ1) is 11.0. The van der Waals surface area contributed by atoms with Gasteiger partial charge in [0.1, 0.15) is 0 Å². The molecule has 0 amide bonds. The Hall–Kier alpha value is 0.0774. The van der Waals surface area contributed by atoms with Crippen molar-refractivity contribution in [1.29, 1.82) is 0 Å². The third kappa shape index (κ3) is 9.42. The molecular formula is C7H11Li. The summed E-state index contributed by atoms with van der Waals surface area (Å²) in [6.45, 7) is 7.06. The summed E-state index contributed by atoms with van der Waals surface area (Å²) in [4.78, 5) is 0. The Labute approximate surface area is 63.8 Å². The Bertz CT molecular complexity index is 49.4. The summed E-state index contributed by atoms with van der Waals surface area (Å²) in [6, 6.07) is 0. The standard InChI is InChI=1S/C7H11.Li/c1-3-5-7-6-4-2;/h3H,1-2,5-7H2;/q-1;+1. The molecule has 0 atom stereocenters. The first-order valence-electron chi connectivity index (χ1n) is 2.52. The average molecular weight is 102 g/mol. The van der Waals surface area contributed by atoms with Crippen molar-refractivity contribution in [1.82, 2.24) is 0 Å². The molecular weight excluding hydrogens is 91.0 g/mol. The Morgan fingerprint density at radius 1 is 1.50 bits per heavy atom. The van der Waals surface area contributed by atoms with Crippen LogP contribution in [-0.4, -0.2) is 0 Å². The van der Waals surface area contributed by atoms with Crippen LogP contribution in [0, 0.1) is 6.08 Å². The van der Waals surface area contributed by atoms with E-state index in [1.54, 1.807) is 0 Å². The molecule has 0 aromatic rings. The van der Waals surface area contributed by atoms with Gasteiger partial charge in [0.15, 0.2) is 0 Å². The summed E-state index contributed by atoms with van der Waals surface area (Å²) >= 11 is 0. The molecule has 0 heterocycles. The van der Waals surface area contributed by atoms with Gasteiger partial charge in [-0.2, -0.15) is 6.42 Å². The molecule has 0 bridgehead atoms. The van der Waals surface area contributed by atoms with Crippen molar-refractivity contribution in [2.45, 2.75) is 19.3 Å². The van der Waals surface area contributed by atoms with Crippen LogP contribution in [0.4, 0.5) is 0 Å².